The van der Waals surface area contributed by atoms with E-state index in [0.29, 0.717) is 10.8 Å². The molecule has 0 radical (unpaired) electrons. The number of aromatic nitrogens is 3. The number of amides is 1. The van der Waals surface area contributed by atoms with Crippen molar-refractivity contribution in [1.29, 1.82) is 0 Å². The second kappa shape index (κ2) is 5.56. The standard InChI is InChI=1S/C18H18N4OS/c1-10(2)22-11(3)8-14(21-22)17(23)20-18-19-16-13-7-5-4-6-12(13)9-15(16)24-18/h4-8,10H,9H2,1-3H3,(H,19,20,23). The van der Waals surface area contributed by atoms with Crippen LogP contribution in [0.1, 0.15) is 46.5 Å². The zero-order valence-electron chi connectivity index (χ0n) is 13.8. The topological polar surface area (TPSA) is 59.8 Å². The molecule has 0 unspecified atom stereocenters. The van der Waals surface area contributed by atoms with Crippen molar-refractivity contribution in [1.82, 2.24) is 14.8 Å². The van der Waals surface area contributed by atoms with Crippen LogP contribution in [0.5, 0.6) is 0 Å². The van der Waals surface area contributed by atoms with E-state index in [2.05, 4.69) is 27.5 Å². The summed E-state index contributed by atoms with van der Waals surface area (Å²) in [5.74, 6) is -0.210. The average Bonchev–Trinajstić information content (AvgIpc) is 3.19. The van der Waals surface area contributed by atoms with E-state index in [0.717, 1.165) is 17.8 Å². The predicted molar refractivity (Wildman–Crippen MR) is 95.7 cm³/mol. The number of nitrogens with zero attached hydrogens (tertiary/aromatic N) is 3. The highest BCUT2D eigenvalue weighted by Gasteiger charge is 2.24. The van der Waals surface area contributed by atoms with Crippen LogP contribution in [0.15, 0.2) is 30.3 Å². The Kier molecular flexibility index (Phi) is 3.49. The molecule has 0 aliphatic heterocycles. The molecule has 1 aliphatic carbocycles. The van der Waals surface area contributed by atoms with Crippen molar-refractivity contribution in [2.75, 3.05) is 5.32 Å². The molecule has 6 heteroatoms. The summed E-state index contributed by atoms with van der Waals surface area (Å²) < 4.78 is 1.85. The van der Waals surface area contributed by atoms with Gasteiger partial charge in [-0.05, 0) is 32.4 Å². The van der Waals surface area contributed by atoms with Crippen molar-refractivity contribution in [3.8, 4) is 11.3 Å². The summed E-state index contributed by atoms with van der Waals surface area (Å²) in [6, 6.07) is 10.3. The van der Waals surface area contributed by atoms with Gasteiger partial charge in [0.25, 0.3) is 5.91 Å². The molecule has 2 aromatic heterocycles. The normalized spacial score (nSPS) is 12.3. The Hall–Kier alpha value is -2.47. The molecule has 122 valence electrons. The number of nitrogens with one attached hydrogen (secondary N) is 1. The van der Waals surface area contributed by atoms with Crippen LogP contribution in [0.4, 0.5) is 5.13 Å². The fourth-order valence-corrected chi connectivity index (χ4v) is 4.09. The fraction of sp³-hybridized carbons (Fsp3) is 0.278. The Morgan fingerprint density at radius 3 is 2.88 bits per heavy atom. The van der Waals surface area contributed by atoms with Gasteiger partial charge in [-0.25, -0.2) is 4.98 Å². The van der Waals surface area contributed by atoms with E-state index in [-0.39, 0.29) is 11.9 Å². The van der Waals surface area contributed by atoms with E-state index in [4.69, 9.17) is 0 Å². The third-order valence-corrected chi connectivity index (χ3v) is 5.16. The molecule has 0 saturated heterocycles. The minimum atomic E-state index is -0.210. The Morgan fingerprint density at radius 2 is 2.12 bits per heavy atom. The summed E-state index contributed by atoms with van der Waals surface area (Å²) in [5, 5.41) is 7.91. The van der Waals surface area contributed by atoms with Gasteiger partial charge in [0.05, 0.1) is 5.69 Å². The smallest absolute Gasteiger partial charge is 0.277 e. The Balaban J connectivity index is 1.57. The van der Waals surface area contributed by atoms with Gasteiger partial charge < -0.3 is 0 Å². The van der Waals surface area contributed by atoms with Gasteiger partial charge in [-0.2, -0.15) is 5.10 Å². The first-order valence-corrected chi connectivity index (χ1v) is 8.80. The highest BCUT2D eigenvalue weighted by Crippen LogP contribution is 2.40. The second-order valence-corrected chi connectivity index (χ2v) is 7.37. The predicted octanol–water partition coefficient (Wildman–Crippen LogP) is 4.05. The molecule has 5 nitrogen and oxygen atoms in total. The van der Waals surface area contributed by atoms with Crippen molar-refractivity contribution in [3.05, 3.63) is 52.2 Å². The van der Waals surface area contributed by atoms with Gasteiger partial charge >= 0.3 is 0 Å². The molecule has 4 rings (SSSR count). The number of carbonyl (C=O) groups excluding carboxylic acids is 1. The molecule has 1 aromatic carbocycles. The molecule has 1 amide bonds. The lowest BCUT2D eigenvalue weighted by Crippen LogP contribution is -2.13. The van der Waals surface area contributed by atoms with Crippen molar-refractivity contribution in [3.63, 3.8) is 0 Å². The van der Waals surface area contributed by atoms with E-state index in [1.165, 1.54) is 16.0 Å². The third kappa shape index (κ3) is 2.43. The number of benzene rings is 1. The third-order valence-electron chi connectivity index (χ3n) is 4.19. The van der Waals surface area contributed by atoms with Crippen molar-refractivity contribution in [2.24, 2.45) is 0 Å². The van der Waals surface area contributed by atoms with E-state index in [1.54, 1.807) is 11.3 Å². The second-order valence-electron chi connectivity index (χ2n) is 6.29. The van der Waals surface area contributed by atoms with Crippen molar-refractivity contribution in [2.45, 2.75) is 33.2 Å². The zero-order chi connectivity index (χ0) is 16.8. The van der Waals surface area contributed by atoms with Gasteiger partial charge in [-0.3, -0.25) is 14.8 Å². The number of aryl methyl sites for hydroxylation is 1. The molecular formula is C18H18N4OS. The first-order chi connectivity index (χ1) is 11.5. The molecule has 0 atom stereocenters. The zero-order valence-corrected chi connectivity index (χ0v) is 14.6. The summed E-state index contributed by atoms with van der Waals surface area (Å²) in [7, 11) is 0. The number of fused-ring (bicyclic) bond motifs is 3. The molecule has 3 aromatic rings. The lowest BCUT2D eigenvalue weighted by atomic mass is 10.1. The van der Waals surface area contributed by atoms with E-state index in [9.17, 15) is 4.79 Å². The van der Waals surface area contributed by atoms with Gasteiger partial charge in [0, 0.05) is 28.6 Å². The first-order valence-electron chi connectivity index (χ1n) is 7.98. The number of thiazole rings is 1. The summed E-state index contributed by atoms with van der Waals surface area (Å²) in [4.78, 5) is 18.3. The SMILES string of the molecule is Cc1cc(C(=O)Nc2nc3c(s2)Cc2ccccc2-3)nn1C(C)C. The van der Waals surface area contributed by atoms with Crippen LogP contribution in [-0.4, -0.2) is 20.7 Å². The maximum absolute atomic E-state index is 12.5. The summed E-state index contributed by atoms with van der Waals surface area (Å²) in [6.45, 7) is 6.05. The van der Waals surface area contributed by atoms with Crippen LogP contribution in [0.3, 0.4) is 0 Å². The van der Waals surface area contributed by atoms with Crippen LogP contribution in [0, 0.1) is 6.92 Å². The summed E-state index contributed by atoms with van der Waals surface area (Å²) >= 11 is 1.54. The quantitative estimate of drug-likeness (QED) is 0.613. The summed E-state index contributed by atoms with van der Waals surface area (Å²) in [6.07, 6.45) is 0.889. The molecule has 0 fully saturated rings. The van der Waals surface area contributed by atoms with Crippen LogP contribution in [-0.2, 0) is 6.42 Å². The number of rotatable bonds is 3. The maximum Gasteiger partial charge on any atom is 0.277 e. The lowest BCUT2D eigenvalue weighted by molar-refractivity contribution is 0.102. The monoisotopic (exact) mass is 338 g/mol. The van der Waals surface area contributed by atoms with Gasteiger partial charge in [-0.1, -0.05) is 24.3 Å². The Morgan fingerprint density at radius 1 is 1.33 bits per heavy atom. The average molecular weight is 338 g/mol. The van der Waals surface area contributed by atoms with Gasteiger partial charge in [0.2, 0.25) is 0 Å². The molecule has 1 N–H and O–H groups in total. The van der Waals surface area contributed by atoms with Crippen molar-refractivity contribution < 1.29 is 4.79 Å². The van der Waals surface area contributed by atoms with Crippen LogP contribution >= 0.6 is 11.3 Å². The number of hydrogen-bond acceptors (Lipinski definition) is 4. The molecule has 1 aliphatic rings. The maximum atomic E-state index is 12.5. The number of anilines is 1. The molecule has 24 heavy (non-hydrogen) atoms. The van der Waals surface area contributed by atoms with E-state index >= 15 is 0 Å². The van der Waals surface area contributed by atoms with Crippen LogP contribution in [0.25, 0.3) is 11.3 Å². The summed E-state index contributed by atoms with van der Waals surface area (Å²) in [5.41, 5.74) is 4.87. The number of hydrogen-bond donors (Lipinski definition) is 1. The van der Waals surface area contributed by atoms with E-state index < -0.39 is 0 Å². The highest BCUT2D eigenvalue weighted by molar-refractivity contribution is 7.16. The van der Waals surface area contributed by atoms with Crippen LogP contribution in [0.2, 0.25) is 0 Å². The van der Waals surface area contributed by atoms with Gasteiger partial charge in [0.15, 0.2) is 10.8 Å². The minimum absolute atomic E-state index is 0.210. The first kappa shape index (κ1) is 15.1. The molecule has 0 spiro atoms. The van der Waals surface area contributed by atoms with Gasteiger partial charge in [0.1, 0.15) is 0 Å². The molecule has 0 bridgehead atoms. The molecule has 2 heterocycles. The van der Waals surface area contributed by atoms with Crippen LogP contribution < -0.4 is 5.32 Å². The largest absolute Gasteiger partial charge is 0.296 e. The molecular weight excluding hydrogens is 320 g/mol. The molecule has 0 saturated carbocycles. The van der Waals surface area contributed by atoms with Gasteiger partial charge in [-0.15, -0.1) is 11.3 Å². The fourth-order valence-electron chi connectivity index (χ4n) is 3.10. The van der Waals surface area contributed by atoms with E-state index in [1.807, 2.05) is 43.7 Å². The Bertz CT molecular complexity index is 938. The van der Waals surface area contributed by atoms with Crippen molar-refractivity contribution >= 4 is 22.4 Å². The Labute approximate surface area is 144 Å². The minimum Gasteiger partial charge on any atom is -0.296 e. The lowest BCUT2D eigenvalue weighted by Gasteiger charge is -2.06. The highest BCUT2D eigenvalue weighted by atomic mass is 32.1. The number of carbonyl (C=O) groups is 1.